The molecule has 0 saturated carbocycles. The average Bonchev–Trinajstić information content (AvgIpc) is 2.89. The fourth-order valence-corrected chi connectivity index (χ4v) is 4.08. The maximum absolute atomic E-state index is 13.2. The highest BCUT2D eigenvalue weighted by Gasteiger charge is 2.24. The Bertz CT molecular complexity index is 1040. The molecule has 2 heterocycles. The van der Waals surface area contributed by atoms with Crippen LogP contribution in [0, 0.1) is 6.92 Å². The maximum Gasteiger partial charge on any atom is 0.197 e. The highest BCUT2D eigenvalue weighted by atomic mass is 35.5. The van der Waals surface area contributed by atoms with Crippen LogP contribution < -0.4 is 0 Å². The normalized spacial score (nSPS) is 15.2. The third-order valence-corrected chi connectivity index (χ3v) is 5.84. The number of nitrogens with zero attached hydrogens (tertiary/aromatic N) is 3. The lowest BCUT2D eigenvalue weighted by Crippen LogP contribution is -2.32. The van der Waals surface area contributed by atoms with E-state index in [1.165, 1.54) is 0 Å². The molecule has 0 atom stereocenters. The van der Waals surface area contributed by atoms with Gasteiger partial charge in [0.15, 0.2) is 5.78 Å². The highest BCUT2D eigenvalue weighted by Crippen LogP contribution is 2.32. The van der Waals surface area contributed by atoms with Crippen LogP contribution >= 0.6 is 23.2 Å². The van der Waals surface area contributed by atoms with Gasteiger partial charge in [-0.2, -0.15) is 5.10 Å². The summed E-state index contributed by atoms with van der Waals surface area (Å²) in [7, 11) is 0. The van der Waals surface area contributed by atoms with Gasteiger partial charge < -0.3 is 4.74 Å². The molecule has 0 radical (unpaired) electrons. The molecule has 1 aliphatic rings. The van der Waals surface area contributed by atoms with E-state index in [0.717, 1.165) is 48.6 Å². The van der Waals surface area contributed by atoms with Crippen LogP contribution in [0.25, 0.3) is 16.9 Å². The minimum atomic E-state index is -0.00424. The van der Waals surface area contributed by atoms with E-state index in [2.05, 4.69) is 4.90 Å². The van der Waals surface area contributed by atoms with Gasteiger partial charge in [-0.3, -0.25) is 9.69 Å². The molecule has 4 rings (SSSR count). The summed E-state index contributed by atoms with van der Waals surface area (Å²) >= 11 is 12.6. The molecule has 0 aliphatic carbocycles. The van der Waals surface area contributed by atoms with Gasteiger partial charge in [0.1, 0.15) is 5.69 Å². The fraction of sp³-hybridized carbons (Fsp3) is 0.304. The quantitative estimate of drug-likeness (QED) is 0.517. The third-order valence-electron chi connectivity index (χ3n) is 5.27. The van der Waals surface area contributed by atoms with Crippen molar-refractivity contribution in [2.75, 3.05) is 32.8 Å². The van der Waals surface area contributed by atoms with Gasteiger partial charge in [0, 0.05) is 35.8 Å². The fourth-order valence-electron chi connectivity index (χ4n) is 3.74. The van der Waals surface area contributed by atoms with Crippen molar-refractivity contribution in [1.29, 1.82) is 0 Å². The Morgan fingerprint density at radius 1 is 1.07 bits per heavy atom. The third kappa shape index (κ3) is 4.44. The molecular weight excluding hydrogens is 421 g/mol. The van der Waals surface area contributed by atoms with E-state index in [0.29, 0.717) is 28.9 Å². The SMILES string of the molecule is Cc1c(C(=O)CN2CCCOCC2)nn(-c2ccccc2Cl)c1-c1ccc(Cl)cc1. The molecule has 0 unspecified atom stereocenters. The Labute approximate surface area is 186 Å². The Morgan fingerprint density at radius 3 is 2.60 bits per heavy atom. The summed E-state index contributed by atoms with van der Waals surface area (Å²) in [5.41, 5.74) is 3.78. The van der Waals surface area contributed by atoms with Gasteiger partial charge >= 0.3 is 0 Å². The average molecular weight is 444 g/mol. The summed E-state index contributed by atoms with van der Waals surface area (Å²) < 4.78 is 7.26. The molecule has 0 spiro atoms. The molecule has 3 aromatic rings. The van der Waals surface area contributed by atoms with Gasteiger partial charge in [-0.25, -0.2) is 4.68 Å². The minimum Gasteiger partial charge on any atom is -0.380 e. The predicted molar refractivity (Wildman–Crippen MR) is 120 cm³/mol. The number of ether oxygens (including phenoxy) is 1. The van der Waals surface area contributed by atoms with Crippen molar-refractivity contribution in [3.63, 3.8) is 0 Å². The van der Waals surface area contributed by atoms with E-state index in [-0.39, 0.29) is 5.78 Å². The van der Waals surface area contributed by atoms with Crippen molar-refractivity contribution < 1.29 is 9.53 Å². The van der Waals surface area contributed by atoms with Gasteiger partial charge in [0.25, 0.3) is 0 Å². The number of benzene rings is 2. The van der Waals surface area contributed by atoms with Crippen molar-refractivity contribution in [3.05, 3.63) is 69.8 Å². The van der Waals surface area contributed by atoms with Gasteiger partial charge in [-0.05, 0) is 37.6 Å². The summed E-state index contributed by atoms with van der Waals surface area (Å²) in [5, 5.41) is 5.94. The van der Waals surface area contributed by atoms with E-state index < -0.39 is 0 Å². The first kappa shape index (κ1) is 21.1. The summed E-state index contributed by atoms with van der Waals surface area (Å²) in [6, 6.07) is 15.0. The smallest absolute Gasteiger partial charge is 0.197 e. The van der Waals surface area contributed by atoms with E-state index in [1.54, 1.807) is 4.68 Å². The standard InChI is InChI=1S/C23H23Cl2N3O2/c1-16-22(21(29)15-27-11-4-13-30-14-12-27)26-28(20-6-3-2-5-19(20)25)23(16)17-7-9-18(24)10-8-17/h2-3,5-10H,4,11-15H2,1H3. The molecular formula is C23H23Cl2N3O2. The van der Waals surface area contributed by atoms with Crippen LogP contribution in [0.4, 0.5) is 0 Å². The van der Waals surface area contributed by atoms with Crippen molar-refractivity contribution in [2.45, 2.75) is 13.3 Å². The van der Waals surface area contributed by atoms with E-state index in [1.807, 2.05) is 55.5 Å². The monoisotopic (exact) mass is 443 g/mol. The molecule has 1 aliphatic heterocycles. The molecule has 1 fully saturated rings. The van der Waals surface area contributed by atoms with Crippen LogP contribution in [-0.4, -0.2) is 53.3 Å². The zero-order valence-electron chi connectivity index (χ0n) is 16.8. The van der Waals surface area contributed by atoms with Crippen LogP contribution in [-0.2, 0) is 4.74 Å². The van der Waals surface area contributed by atoms with Crippen LogP contribution in [0.15, 0.2) is 48.5 Å². The summed E-state index contributed by atoms with van der Waals surface area (Å²) in [6.07, 6.45) is 0.927. The Kier molecular flexibility index (Phi) is 6.54. The van der Waals surface area contributed by atoms with Crippen molar-refractivity contribution >= 4 is 29.0 Å². The molecule has 156 valence electrons. The summed E-state index contributed by atoms with van der Waals surface area (Å²) in [6.45, 7) is 5.24. The molecule has 2 aromatic carbocycles. The van der Waals surface area contributed by atoms with Crippen LogP contribution in [0.1, 0.15) is 22.5 Å². The molecule has 1 aromatic heterocycles. The molecule has 7 heteroatoms. The number of hydrogen-bond acceptors (Lipinski definition) is 4. The first-order valence-electron chi connectivity index (χ1n) is 9.98. The lowest BCUT2D eigenvalue weighted by atomic mass is 10.0. The predicted octanol–water partition coefficient (Wildman–Crippen LogP) is 5.06. The highest BCUT2D eigenvalue weighted by molar-refractivity contribution is 6.32. The second-order valence-corrected chi connectivity index (χ2v) is 8.20. The first-order chi connectivity index (χ1) is 14.5. The van der Waals surface area contributed by atoms with E-state index in [9.17, 15) is 4.79 Å². The van der Waals surface area contributed by atoms with Crippen LogP contribution in [0.5, 0.6) is 0 Å². The van der Waals surface area contributed by atoms with Gasteiger partial charge in [0.2, 0.25) is 0 Å². The van der Waals surface area contributed by atoms with Crippen LogP contribution in [0.3, 0.4) is 0 Å². The van der Waals surface area contributed by atoms with Crippen molar-refractivity contribution in [3.8, 4) is 16.9 Å². The molecule has 0 bridgehead atoms. The lowest BCUT2D eigenvalue weighted by Gasteiger charge is -2.17. The minimum absolute atomic E-state index is 0.00424. The number of ketones is 1. The largest absolute Gasteiger partial charge is 0.380 e. The van der Waals surface area contributed by atoms with Gasteiger partial charge in [0.05, 0.1) is 29.6 Å². The zero-order valence-corrected chi connectivity index (χ0v) is 18.3. The first-order valence-corrected chi connectivity index (χ1v) is 10.7. The molecule has 0 amide bonds. The molecule has 1 saturated heterocycles. The summed E-state index contributed by atoms with van der Waals surface area (Å²) in [5.74, 6) is -0.00424. The Hall–Kier alpha value is -2.18. The number of carbonyl (C=O) groups is 1. The number of hydrogen-bond donors (Lipinski definition) is 0. The van der Waals surface area contributed by atoms with Crippen molar-refractivity contribution in [1.82, 2.24) is 14.7 Å². The molecule has 5 nitrogen and oxygen atoms in total. The zero-order chi connectivity index (χ0) is 21.1. The second-order valence-electron chi connectivity index (χ2n) is 7.36. The topological polar surface area (TPSA) is 47.4 Å². The Morgan fingerprint density at radius 2 is 1.83 bits per heavy atom. The van der Waals surface area contributed by atoms with E-state index in [4.69, 9.17) is 33.0 Å². The number of aromatic nitrogens is 2. The van der Waals surface area contributed by atoms with Crippen LogP contribution in [0.2, 0.25) is 10.0 Å². The second kappa shape index (κ2) is 9.31. The number of carbonyl (C=O) groups excluding carboxylic acids is 1. The van der Waals surface area contributed by atoms with Crippen molar-refractivity contribution in [2.24, 2.45) is 0 Å². The maximum atomic E-state index is 13.2. The number of rotatable bonds is 5. The summed E-state index contributed by atoms with van der Waals surface area (Å²) in [4.78, 5) is 15.3. The van der Waals surface area contributed by atoms with Gasteiger partial charge in [-0.15, -0.1) is 0 Å². The van der Waals surface area contributed by atoms with E-state index >= 15 is 0 Å². The lowest BCUT2D eigenvalue weighted by molar-refractivity contribution is 0.0916. The molecule has 0 N–H and O–H groups in total. The Balaban J connectivity index is 1.76. The number of para-hydroxylation sites is 1. The number of Topliss-reactive ketones (excluding diaryl/α,β-unsaturated/α-hetero) is 1. The number of halogens is 2. The van der Waals surface area contributed by atoms with Gasteiger partial charge in [-0.1, -0.05) is 47.5 Å². The molecule has 30 heavy (non-hydrogen) atoms.